The van der Waals surface area contributed by atoms with Crippen molar-refractivity contribution in [2.24, 2.45) is 5.92 Å². The summed E-state index contributed by atoms with van der Waals surface area (Å²) < 4.78 is 0. The predicted octanol–water partition coefficient (Wildman–Crippen LogP) is 4.35. The zero-order valence-electron chi connectivity index (χ0n) is 16.0. The maximum atomic E-state index is 6.26. The van der Waals surface area contributed by atoms with Crippen LogP contribution in [0.3, 0.4) is 0 Å². The lowest BCUT2D eigenvalue weighted by Crippen LogP contribution is -1.99. The molecule has 26 heavy (non-hydrogen) atoms. The van der Waals surface area contributed by atoms with E-state index in [1.807, 2.05) is 6.07 Å². The molecule has 0 unspecified atom stereocenters. The van der Waals surface area contributed by atoms with Crippen LogP contribution in [0.4, 0.5) is 5.69 Å². The van der Waals surface area contributed by atoms with E-state index in [9.17, 15) is 0 Å². The Morgan fingerprint density at radius 3 is 2.50 bits per heavy atom. The lowest BCUT2D eigenvalue weighted by atomic mass is 9.89. The summed E-state index contributed by atoms with van der Waals surface area (Å²) in [5, 5.41) is 10.8. The Morgan fingerprint density at radius 1 is 1.08 bits per heavy atom. The Kier molecular flexibility index (Phi) is 5.77. The van der Waals surface area contributed by atoms with Crippen molar-refractivity contribution in [2.75, 3.05) is 5.73 Å². The highest BCUT2D eigenvalue weighted by Gasteiger charge is 2.14. The summed E-state index contributed by atoms with van der Waals surface area (Å²) in [6.45, 7) is 6.62. The molecule has 134 valence electrons. The summed E-state index contributed by atoms with van der Waals surface area (Å²) in [5.74, 6) is 0.592. The zero-order valence-corrected chi connectivity index (χ0v) is 16.9. The van der Waals surface area contributed by atoms with Gasteiger partial charge in [-0.05, 0) is 36.0 Å². The molecule has 0 spiro atoms. The molecule has 3 aromatic rings. The van der Waals surface area contributed by atoms with Gasteiger partial charge in [0.2, 0.25) is 0 Å². The highest BCUT2D eigenvalue weighted by atomic mass is 32.1. The molecule has 0 bridgehead atoms. The van der Waals surface area contributed by atoms with Gasteiger partial charge >= 0.3 is 0 Å². The minimum Gasteiger partial charge on any atom is -0.398 e. The van der Waals surface area contributed by atoms with Gasteiger partial charge in [0.25, 0.3) is 0 Å². The molecule has 0 aliphatic heterocycles. The van der Waals surface area contributed by atoms with Crippen LogP contribution in [0.5, 0.6) is 0 Å². The largest absolute Gasteiger partial charge is 0.398 e. The van der Waals surface area contributed by atoms with Crippen LogP contribution in [0.1, 0.15) is 37.5 Å². The van der Waals surface area contributed by atoms with Gasteiger partial charge in [0.05, 0.1) is 0 Å². The molecular formula is C21H26BN3S. The average molecular weight is 363 g/mol. The molecule has 0 saturated carbocycles. The number of aromatic nitrogens is 2. The fourth-order valence-corrected chi connectivity index (χ4v) is 4.28. The zero-order chi connectivity index (χ0) is 18.7. The van der Waals surface area contributed by atoms with Gasteiger partial charge in [0, 0.05) is 16.8 Å². The summed E-state index contributed by atoms with van der Waals surface area (Å²) in [6, 6.07) is 12.8. The van der Waals surface area contributed by atoms with E-state index in [0.717, 1.165) is 40.4 Å². The minimum atomic E-state index is 0.592. The maximum Gasteiger partial charge on any atom is 0.148 e. The molecule has 0 aliphatic carbocycles. The second kappa shape index (κ2) is 8.04. The maximum absolute atomic E-state index is 6.26. The molecule has 1 heterocycles. The van der Waals surface area contributed by atoms with Crippen molar-refractivity contribution in [1.82, 2.24) is 10.2 Å². The fourth-order valence-electron chi connectivity index (χ4n) is 3.39. The van der Waals surface area contributed by atoms with Crippen molar-refractivity contribution >= 4 is 24.9 Å². The van der Waals surface area contributed by atoms with E-state index < -0.39 is 0 Å². The molecule has 3 nitrogen and oxygen atoms in total. The van der Waals surface area contributed by atoms with Crippen molar-refractivity contribution in [3.8, 4) is 21.1 Å². The first-order valence-electron chi connectivity index (χ1n) is 9.36. The molecule has 0 atom stereocenters. The number of hydrogen-bond acceptors (Lipinski definition) is 4. The van der Waals surface area contributed by atoms with E-state index >= 15 is 0 Å². The number of anilines is 1. The summed E-state index contributed by atoms with van der Waals surface area (Å²) in [6.07, 6.45) is 3.04. The number of nitrogen functional groups attached to an aromatic ring is 1. The van der Waals surface area contributed by atoms with E-state index in [2.05, 4.69) is 69.1 Å². The molecule has 0 fully saturated rings. The van der Waals surface area contributed by atoms with Crippen LogP contribution in [0.15, 0.2) is 36.4 Å². The molecule has 2 N–H and O–H groups in total. The third kappa shape index (κ3) is 3.83. The summed E-state index contributed by atoms with van der Waals surface area (Å²) >= 11 is 1.64. The van der Waals surface area contributed by atoms with Crippen molar-refractivity contribution in [2.45, 2.75) is 39.9 Å². The first-order valence-corrected chi connectivity index (χ1v) is 10.2. The second-order valence-electron chi connectivity index (χ2n) is 7.07. The summed E-state index contributed by atoms with van der Waals surface area (Å²) in [5.41, 5.74) is 13.3. The van der Waals surface area contributed by atoms with Gasteiger partial charge in [0.15, 0.2) is 0 Å². The Labute approximate surface area is 161 Å². The third-order valence-electron chi connectivity index (χ3n) is 4.68. The molecule has 1 aromatic heterocycles. The normalized spacial score (nSPS) is 11.2. The molecule has 2 aromatic carbocycles. The Balaban J connectivity index is 1.95. The Bertz CT molecular complexity index is 902. The topological polar surface area (TPSA) is 51.8 Å². The number of rotatable bonds is 6. The van der Waals surface area contributed by atoms with Crippen LogP contribution in [-0.4, -0.2) is 18.0 Å². The minimum absolute atomic E-state index is 0.592. The van der Waals surface area contributed by atoms with Crippen LogP contribution >= 0.6 is 11.3 Å². The second-order valence-corrected chi connectivity index (χ2v) is 8.05. The standard InChI is InChI=1S/C21H26BN3S/c1-4-17-16(12-22)6-5-7-18(17)21-25-24-20(26-21)15-9-8-14(10-13(2)3)19(23)11-15/h5-9,11,13H,4,10,12,22-23H2,1-3H3. The highest BCUT2D eigenvalue weighted by molar-refractivity contribution is 7.17. The van der Waals surface area contributed by atoms with Gasteiger partial charge in [-0.2, -0.15) is 0 Å². The molecule has 5 heteroatoms. The monoisotopic (exact) mass is 363 g/mol. The van der Waals surface area contributed by atoms with Gasteiger partial charge in [-0.3, -0.25) is 0 Å². The predicted molar refractivity (Wildman–Crippen MR) is 115 cm³/mol. The first kappa shape index (κ1) is 18.6. The summed E-state index contributed by atoms with van der Waals surface area (Å²) in [7, 11) is 2.20. The number of benzene rings is 2. The van der Waals surface area contributed by atoms with Crippen LogP contribution in [0.25, 0.3) is 21.1 Å². The van der Waals surface area contributed by atoms with Crippen molar-refractivity contribution < 1.29 is 0 Å². The molecule has 0 amide bonds. The number of nitrogens with zero attached hydrogens (tertiary/aromatic N) is 2. The summed E-state index contributed by atoms with van der Waals surface area (Å²) in [4.78, 5) is 0. The molecular weight excluding hydrogens is 337 g/mol. The van der Waals surface area contributed by atoms with Crippen LogP contribution in [-0.2, 0) is 19.2 Å². The van der Waals surface area contributed by atoms with Gasteiger partial charge in [-0.15, -0.1) is 10.2 Å². The third-order valence-corrected chi connectivity index (χ3v) is 5.69. The lowest BCUT2D eigenvalue weighted by molar-refractivity contribution is 0.648. The Hall–Kier alpha value is -2.14. The highest BCUT2D eigenvalue weighted by Crippen LogP contribution is 2.34. The van der Waals surface area contributed by atoms with E-state index in [0.29, 0.717) is 5.92 Å². The van der Waals surface area contributed by atoms with Crippen LogP contribution < -0.4 is 5.73 Å². The smallest absolute Gasteiger partial charge is 0.148 e. The number of hydrogen-bond donors (Lipinski definition) is 1. The molecule has 0 saturated heterocycles. The van der Waals surface area contributed by atoms with E-state index in [4.69, 9.17) is 5.73 Å². The SMILES string of the molecule is BCc1cccc(-c2nnc(-c3ccc(CC(C)C)c(N)c3)s2)c1CC. The van der Waals surface area contributed by atoms with Gasteiger partial charge < -0.3 is 5.73 Å². The van der Waals surface area contributed by atoms with E-state index in [1.54, 1.807) is 11.3 Å². The van der Waals surface area contributed by atoms with Gasteiger partial charge in [-0.1, -0.05) is 74.3 Å². The van der Waals surface area contributed by atoms with Crippen LogP contribution in [0.2, 0.25) is 0 Å². The quantitative estimate of drug-likeness (QED) is 0.523. The van der Waals surface area contributed by atoms with Crippen molar-refractivity contribution in [3.63, 3.8) is 0 Å². The number of nitrogens with two attached hydrogens (primary N) is 1. The van der Waals surface area contributed by atoms with E-state index in [-0.39, 0.29) is 0 Å². The molecule has 0 radical (unpaired) electrons. The van der Waals surface area contributed by atoms with Gasteiger partial charge in [0.1, 0.15) is 17.9 Å². The van der Waals surface area contributed by atoms with Crippen molar-refractivity contribution in [3.05, 3.63) is 53.1 Å². The fraction of sp³-hybridized carbons (Fsp3) is 0.333. The molecule has 3 rings (SSSR count). The average Bonchev–Trinajstić information content (AvgIpc) is 3.12. The molecule has 0 aliphatic rings. The van der Waals surface area contributed by atoms with Gasteiger partial charge in [-0.25, -0.2) is 0 Å². The van der Waals surface area contributed by atoms with E-state index in [1.165, 1.54) is 22.3 Å². The Morgan fingerprint density at radius 2 is 1.85 bits per heavy atom. The lowest BCUT2D eigenvalue weighted by Gasteiger charge is -2.10. The van der Waals surface area contributed by atoms with Crippen molar-refractivity contribution in [1.29, 1.82) is 0 Å². The first-order chi connectivity index (χ1) is 12.5. The van der Waals surface area contributed by atoms with Crippen LogP contribution in [0, 0.1) is 5.92 Å².